The van der Waals surface area contributed by atoms with Gasteiger partial charge in [0, 0.05) is 0 Å². The Hall–Kier alpha value is 0.743. The molecule has 3 heteroatoms. The fourth-order valence-electron chi connectivity index (χ4n) is 1.57. The van der Waals surface area contributed by atoms with Crippen LogP contribution in [0.15, 0.2) is 0 Å². The van der Waals surface area contributed by atoms with Crippen molar-refractivity contribution in [2.75, 3.05) is 0 Å². The monoisotopic (exact) mass is 363 g/mol. The van der Waals surface area contributed by atoms with Crippen molar-refractivity contribution in [1.82, 2.24) is 0 Å². The van der Waals surface area contributed by atoms with Crippen molar-refractivity contribution >= 4 is 5.97 Å². The average Bonchev–Trinajstić information content (AvgIpc) is 2.21. The van der Waals surface area contributed by atoms with Gasteiger partial charge in [0.15, 0.2) is 0 Å². The van der Waals surface area contributed by atoms with E-state index in [0.29, 0.717) is 0 Å². The molecule has 0 aliphatic carbocycles. The van der Waals surface area contributed by atoms with E-state index < -0.39 is 5.97 Å². The zero-order chi connectivity index (χ0) is 11.5. The van der Waals surface area contributed by atoms with Gasteiger partial charge in [0.1, 0.15) is 0 Å². The van der Waals surface area contributed by atoms with E-state index in [4.69, 9.17) is 5.11 Å². The minimum absolute atomic E-state index is 0.190. The molecule has 0 bridgehead atoms. The van der Waals surface area contributed by atoms with Crippen LogP contribution < -0.4 is 0 Å². The minimum atomic E-state index is -0.667. The first-order chi connectivity index (χ1) is 7.18. The zero-order valence-electron chi connectivity index (χ0n) is 9.61. The maximum atomic E-state index is 10.5. The Balaban J connectivity index is 3.08. The zero-order valence-corrected chi connectivity index (χ0v) is 11.6. The molecule has 0 amide bonds. The molecule has 93 valence electrons. The molecule has 0 aromatic rings. The van der Waals surface area contributed by atoms with Crippen LogP contribution in [0.4, 0.5) is 0 Å². The van der Waals surface area contributed by atoms with Crippen molar-refractivity contribution in [3.8, 4) is 0 Å². The topological polar surface area (TPSA) is 37.3 Å². The van der Waals surface area contributed by atoms with E-state index in [2.05, 4.69) is 6.92 Å². The molecule has 1 unspecified atom stereocenters. The summed E-state index contributed by atoms with van der Waals surface area (Å²) >= 11 is 2.00. The van der Waals surface area contributed by atoms with Crippen LogP contribution in [0.25, 0.3) is 0 Å². The van der Waals surface area contributed by atoms with Crippen molar-refractivity contribution in [2.45, 2.75) is 66.7 Å². The second-order valence-corrected chi connectivity index (χ2v) is 5.44. The van der Waals surface area contributed by atoms with E-state index >= 15 is 0 Å². The molecule has 0 fully saturated rings. The first-order valence-electron chi connectivity index (χ1n) is 6.01. The molecule has 0 aromatic carbocycles. The summed E-state index contributed by atoms with van der Waals surface area (Å²) in [5.41, 5.74) is 0. The summed E-state index contributed by atoms with van der Waals surface area (Å²) in [5.74, 6) is -0.667. The third-order valence-corrected chi connectivity index (χ3v) is 3.63. The van der Waals surface area contributed by atoms with E-state index in [9.17, 15) is 4.79 Å². The predicted octanol–water partition coefficient (Wildman–Crippen LogP) is 3.94. The van der Waals surface area contributed by atoms with Crippen LogP contribution >= 0.6 is 0 Å². The summed E-state index contributed by atoms with van der Waals surface area (Å²) in [6.45, 7) is 2.23. The molecule has 1 atom stereocenters. The fraction of sp³-hybridized carbons (Fsp3) is 0.917. The summed E-state index contributed by atoms with van der Waals surface area (Å²) in [5, 5.41) is 8.67. The Morgan fingerprint density at radius 2 is 1.53 bits per heavy atom. The molecule has 0 aliphatic heterocycles. The van der Waals surface area contributed by atoms with Crippen molar-refractivity contribution < 1.29 is 46.1 Å². The maximum absolute atomic E-state index is 10.5. The van der Waals surface area contributed by atoms with Gasteiger partial charge in [-0.3, -0.25) is 0 Å². The standard InChI is InChI=1S/C12H23O2.Dy/c1-2-3-4-5-6-7-8-9-10-11-12(13)14;/h11H,2-10H2,1H3,(H,13,14);. The van der Waals surface area contributed by atoms with E-state index in [1.807, 2.05) is 36.2 Å². The normalized spacial score (nSPS) is 12.7. The quantitative estimate of drug-likeness (QED) is 0.598. The first kappa shape index (κ1) is 15.7. The van der Waals surface area contributed by atoms with Crippen LogP contribution in [-0.4, -0.2) is 11.1 Å². The van der Waals surface area contributed by atoms with E-state index in [0.717, 1.165) is 12.8 Å². The van der Waals surface area contributed by atoms with Crippen LogP contribution in [0.3, 0.4) is 0 Å². The molecular weight excluding hydrogens is 339 g/mol. The molecule has 15 heavy (non-hydrogen) atoms. The molecule has 0 radical (unpaired) electrons. The Morgan fingerprint density at radius 3 is 2.00 bits per heavy atom. The second kappa shape index (κ2) is 11.2. The molecule has 0 saturated heterocycles. The Bertz CT molecular complexity index is 160. The number of carboxylic acid groups (broad SMARTS) is 1. The van der Waals surface area contributed by atoms with E-state index in [1.165, 1.54) is 44.9 Å². The third kappa shape index (κ3) is 11.0. The summed E-state index contributed by atoms with van der Waals surface area (Å²) in [7, 11) is 0. The Kier molecular flexibility index (Phi) is 11.8. The number of carbonyl (C=O) groups is 1. The summed E-state index contributed by atoms with van der Waals surface area (Å²) in [4.78, 5) is 10.5. The van der Waals surface area contributed by atoms with Crippen LogP contribution in [0.1, 0.15) is 64.7 Å². The molecule has 0 aromatic heterocycles. The van der Waals surface area contributed by atoms with E-state index in [1.54, 1.807) is 0 Å². The van der Waals surface area contributed by atoms with Crippen molar-refractivity contribution in [2.24, 2.45) is 0 Å². The van der Waals surface area contributed by atoms with Gasteiger partial charge < -0.3 is 0 Å². The van der Waals surface area contributed by atoms with Crippen molar-refractivity contribution in [3.05, 3.63) is 0 Å². The van der Waals surface area contributed by atoms with Crippen molar-refractivity contribution in [3.63, 3.8) is 0 Å². The average molecular weight is 362 g/mol. The van der Waals surface area contributed by atoms with Gasteiger partial charge in [0.25, 0.3) is 0 Å². The van der Waals surface area contributed by atoms with Crippen LogP contribution in [0.2, 0.25) is 1.95 Å². The molecule has 2 nitrogen and oxygen atoms in total. The molecule has 0 heterocycles. The van der Waals surface area contributed by atoms with Crippen LogP contribution in [-0.2, 0) is 4.79 Å². The van der Waals surface area contributed by atoms with Gasteiger partial charge in [-0.15, -0.1) is 0 Å². The first-order valence-corrected chi connectivity index (χ1v) is 7.19. The van der Waals surface area contributed by atoms with Gasteiger partial charge in [0.2, 0.25) is 0 Å². The molecule has 0 spiro atoms. The Labute approximate surface area is 118 Å². The van der Waals surface area contributed by atoms with Gasteiger partial charge in [-0.05, 0) is 0 Å². The SMILES string of the molecule is CCCCCCCCCC[CH]([Dy])C(=O)O. The number of unbranched alkanes of at least 4 members (excludes halogenated alkanes) is 7. The number of aliphatic carboxylic acids is 1. The molecule has 0 rings (SSSR count). The molecule has 0 aliphatic rings. The van der Waals surface area contributed by atoms with E-state index in [-0.39, 0.29) is 1.95 Å². The summed E-state index contributed by atoms with van der Waals surface area (Å²) in [6, 6.07) is 0. The fourth-order valence-corrected chi connectivity index (χ4v) is 1.98. The molecular formula is C12H23DyO2. The van der Waals surface area contributed by atoms with Crippen LogP contribution in [0, 0.1) is 36.2 Å². The molecule has 0 saturated carbocycles. The predicted molar refractivity (Wildman–Crippen MR) is 58.6 cm³/mol. The summed E-state index contributed by atoms with van der Waals surface area (Å²) < 4.78 is -0.190. The third-order valence-electron chi connectivity index (χ3n) is 2.55. The van der Waals surface area contributed by atoms with Gasteiger partial charge in [-0.1, -0.05) is 0 Å². The van der Waals surface area contributed by atoms with Crippen LogP contribution in [0.5, 0.6) is 0 Å². The van der Waals surface area contributed by atoms with Crippen molar-refractivity contribution in [1.29, 1.82) is 0 Å². The second-order valence-electron chi connectivity index (χ2n) is 4.03. The number of hydrogen-bond acceptors (Lipinski definition) is 1. The summed E-state index contributed by atoms with van der Waals surface area (Å²) in [6.07, 6.45) is 11.0. The Morgan fingerprint density at radius 1 is 1.07 bits per heavy atom. The van der Waals surface area contributed by atoms with Gasteiger partial charge in [-0.2, -0.15) is 0 Å². The van der Waals surface area contributed by atoms with Gasteiger partial charge in [-0.25, -0.2) is 0 Å². The molecule has 1 N–H and O–H groups in total. The number of hydrogen-bond donors (Lipinski definition) is 1. The van der Waals surface area contributed by atoms with Gasteiger partial charge >= 0.3 is 119 Å². The number of rotatable bonds is 10. The van der Waals surface area contributed by atoms with Gasteiger partial charge in [0.05, 0.1) is 0 Å². The number of carboxylic acids is 1.